The van der Waals surface area contributed by atoms with Gasteiger partial charge in [-0.2, -0.15) is 0 Å². The van der Waals surface area contributed by atoms with Crippen molar-refractivity contribution in [2.75, 3.05) is 6.61 Å². The Hall–Kier alpha value is -1.02. The van der Waals surface area contributed by atoms with Crippen molar-refractivity contribution in [3.8, 4) is 5.75 Å². The predicted octanol–water partition coefficient (Wildman–Crippen LogP) is 3.51. The van der Waals surface area contributed by atoms with Crippen LogP contribution in [0.15, 0.2) is 12.1 Å². The molecule has 0 bridgehead atoms. The largest absolute Gasteiger partial charge is 0.493 e. The normalized spacial score (nSPS) is 12.5. The van der Waals surface area contributed by atoms with Crippen LogP contribution in [0.1, 0.15) is 42.9 Å². The van der Waals surface area contributed by atoms with E-state index < -0.39 is 0 Å². The third kappa shape index (κ3) is 4.39. The predicted molar refractivity (Wildman–Crippen MR) is 73.6 cm³/mol. The molecule has 1 rings (SSSR count). The van der Waals surface area contributed by atoms with Crippen LogP contribution in [0, 0.1) is 20.8 Å². The highest BCUT2D eigenvalue weighted by molar-refractivity contribution is 5.41. The Labute approximate surface area is 105 Å². The first-order chi connectivity index (χ1) is 8.04. The van der Waals surface area contributed by atoms with Crippen LogP contribution in [-0.4, -0.2) is 12.6 Å². The van der Waals surface area contributed by atoms with E-state index in [9.17, 15) is 0 Å². The molecule has 1 aromatic carbocycles. The van der Waals surface area contributed by atoms with Crippen LogP contribution >= 0.6 is 0 Å². The summed E-state index contributed by atoms with van der Waals surface area (Å²) in [7, 11) is 0. The lowest BCUT2D eigenvalue weighted by Gasteiger charge is -2.13. The Bertz CT molecular complexity index is 360. The van der Waals surface area contributed by atoms with Gasteiger partial charge in [-0.3, -0.25) is 0 Å². The third-order valence-electron chi connectivity index (χ3n) is 3.27. The molecule has 0 aliphatic carbocycles. The summed E-state index contributed by atoms with van der Waals surface area (Å²) in [4.78, 5) is 0. The molecule has 0 aliphatic heterocycles. The zero-order chi connectivity index (χ0) is 12.8. The highest BCUT2D eigenvalue weighted by Gasteiger charge is 2.04. The molecular formula is C15H25NO. The van der Waals surface area contributed by atoms with Gasteiger partial charge in [0, 0.05) is 6.04 Å². The first kappa shape index (κ1) is 14.0. The van der Waals surface area contributed by atoms with Crippen molar-refractivity contribution in [3.05, 3.63) is 28.8 Å². The van der Waals surface area contributed by atoms with E-state index in [1.54, 1.807) is 0 Å². The van der Waals surface area contributed by atoms with E-state index in [2.05, 4.69) is 39.8 Å². The van der Waals surface area contributed by atoms with E-state index in [4.69, 9.17) is 10.5 Å². The smallest absolute Gasteiger partial charge is 0.122 e. The Morgan fingerprint density at radius 1 is 1.24 bits per heavy atom. The Morgan fingerprint density at radius 2 is 1.94 bits per heavy atom. The standard InChI is InChI=1S/C15H25NO/c1-5-14(16)7-6-8-17-15-10-11(2)9-12(3)13(15)4/h9-10,14H,5-8,16H2,1-4H3. The molecule has 0 saturated heterocycles. The average molecular weight is 235 g/mol. The summed E-state index contributed by atoms with van der Waals surface area (Å²) in [5.74, 6) is 1.02. The van der Waals surface area contributed by atoms with E-state index in [0.29, 0.717) is 6.04 Å². The number of rotatable bonds is 6. The zero-order valence-electron chi connectivity index (χ0n) is 11.5. The molecule has 0 saturated carbocycles. The average Bonchev–Trinajstić information content (AvgIpc) is 2.30. The van der Waals surface area contributed by atoms with Crippen molar-refractivity contribution < 1.29 is 4.74 Å². The lowest BCUT2D eigenvalue weighted by molar-refractivity contribution is 0.298. The fraction of sp³-hybridized carbons (Fsp3) is 0.600. The maximum atomic E-state index is 5.87. The number of hydrogen-bond acceptors (Lipinski definition) is 2. The van der Waals surface area contributed by atoms with Crippen molar-refractivity contribution in [1.29, 1.82) is 0 Å². The van der Waals surface area contributed by atoms with Crippen LogP contribution < -0.4 is 10.5 Å². The topological polar surface area (TPSA) is 35.2 Å². The fourth-order valence-electron chi connectivity index (χ4n) is 1.88. The van der Waals surface area contributed by atoms with Gasteiger partial charge in [-0.25, -0.2) is 0 Å². The minimum atomic E-state index is 0.318. The number of ether oxygens (including phenoxy) is 1. The van der Waals surface area contributed by atoms with Gasteiger partial charge in [0.1, 0.15) is 5.75 Å². The molecule has 1 unspecified atom stereocenters. The van der Waals surface area contributed by atoms with Crippen molar-refractivity contribution in [3.63, 3.8) is 0 Å². The molecule has 1 atom stereocenters. The van der Waals surface area contributed by atoms with Crippen LogP contribution in [0.3, 0.4) is 0 Å². The van der Waals surface area contributed by atoms with Gasteiger partial charge in [-0.15, -0.1) is 0 Å². The van der Waals surface area contributed by atoms with E-state index in [1.807, 2.05) is 0 Å². The van der Waals surface area contributed by atoms with Crippen molar-refractivity contribution in [2.24, 2.45) is 5.73 Å². The van der Waals surface area contributed by atoms with E-state index >= 15 is 0 Å². The first-order valence-corrected chi connectivity index (χ1v) is 6.50. The molecule has 2 N–H and O–H groups in total. The number of hydrogen-bond donors (Lipinski definition) is 1. The van der Waals surface area contributed by atoms with Crippen LogP contribution in [-0.2, 0) is 0 Å². The third-order valence-corrected chi connectivity index (χ3v) is 3.27. The summed E-state index contributed by atoms with van der Waals surface area (Å²) in [5, 5.41) is 0. The van der Waals surface area contributed by atoms with Crippen LogP contribution in [0.5, 0.6) is 5.75 Å². The van der Waals surface area contributed by atoms with Gasteiger partial charge in [0.15, 0.2) is 0 Å². The van der Waals surface area contributed by atoms with Crippen molar-refractivity contribution >= 4 is 0 Å². The van der Waals surface area contributed by atoms with Crippen LogP contribution in [0.2, 0.25) is 0 Å². The highest BCUT2D eigenvalue weighted by atomic mass is 16.5. The molecule has 0 amide bonds. The second-order valence-corrected chi connectivity index (χ2v) is 4.86. The van der Waals surface area contributed by atoms with Gasteiger partial charge in [0.25, 0.3) is 0 Å². The van der Waals surface area contributed by atoms with E-state index in [1.165, 1.54) is 16.7 Å². The molecular weight excluding hydrogens is 210 g/mol. The molecule has 2 heteroatoms. The Balaban J connectivity index is 2.47. The molecule has 17 heavy (non-hydrogen) atoms. The second kappa shape index (κ2) is 6.65. The van der Waals surface area contributed by atoms with Crippen LogP contribution in [0.25, 0.3) is 0 Å². The van der Waals surface area contributed by atoms with Gasteiger partial charge in [-0.1, -0.05) is 13.0 Å². The lowest BCUT2D eigenvalue weighted by atomic mass is 10.1. The molecule has 1 aromatic rings. The van der Waals surface area contributed by atoms with Gasteiger partial charge in [-0.05, 0) is 62.8 Å². The maximum Gasteiger partial charge on any atom is 0.122 e. The summed E-state index contributed by atoms with van der Waals surface area (Å²) >= 11 is 0. The maximum absolute atomic E-state index is 5.87. The Morgan fingerprint density at radius 3 is 2.59 bits per heavy atom. The van der Waals surface area contributed by atoms with Crippen LogP contribution in [0.4, 0.5) is 0 Å². The number of benzene rings is 1. The molecule has 96 valence electrons. The molecule has 0 heterocycles. The molecule has 0 aromatic heterocycles. The highest BCUT2D eigenvalue weighted by Crippen LogP contribution is 2.23. The Kier molecular flexibility index (Phi) is 5.49. The van der Waals surface area contributed by atoms with Gasteiger partial charge in [0.2, 0.25) is 0 Å². The zero-order valence-corrected chi connectivity index (χ0v) is 11.5. The van der Waals surface area contributed by atoms with Gasteiger partial charge < -0.3 is 10.5 Å². The summed E-state index contributed by atoms with van der Waals surface area (Å²) in [6, 6.07) is 4.62. The monoisotopic (exact) mass is 235 g/mol. The van der Waals surface area contributed by atoms with E-state index in [0.717, 1.165) is 31.6 Å². The lowest BCUT2D eigenvalue weighted by Crippen LogP contribution is -2.19. The second-order valence-electron chi connectivity index (χ2n) is 4.86. The summed E-state index contributed by atoms with van der Waals surface area (Å²) in [6.07, 6.45) is 3.12. The molecule has 0 aliphatic rings. The molecule has 0 spiro atoms. The van der Waals surface area contributed by atoms with Gasteiger partial charge >= 0.3 is 0 Å². The fourth-order valence-corrected chi connectivity index (χ4v) is 1.88. The van der Waals surface area contributed by atoms with Crippen molar-refractivity contribution in [1.82, 2.24) is 0 Å². The van der Waals surface area contributed by atoms with Crippen molar-refractivity contribution in [2.45, 2.75) is 53.0 Å². The SMILES string of the molecule is CCC(N)CCCOc1cc(C)cc(C)c1C. The molecule has 0 radical (unpaired) electrons. The van der Waals surface area contributed by atoms with E-state index in [-0.39, 0.29) is 0 Å². The molecule has 0 fully saturated rings. The quantitative estimate of drug-likeness (QED) is 0.766. The summed E-state index contributed by atoms with van der Waals surface area (Å²) < 4.78 is 5.84. The van der Waals surface area contributed by atoms with Gasteiger partial charge in [0.05, 0.1) is 6.61 Å². The molecule has 2 nitrogen and oxygen atoms in total. The number of nitrogens with two attached hydrogens (primary N) is 1. The summed E-state index contributed by atoms with van der Waals surface area (Å²) in [5.41, 5.74) is 9.68. The summed E-state index contributed by atoms with van der Waals surface area (Å²) in [6.45, 7) is 9.23. The minimum absolute atomic E-state index is 0.318. The number of aryl methyl sites for hydroxylation is 2. The minimum Gasteiger partial charge on any atom is -0.493 e. The first-order valence-electron chi connectivity index (χ1n) is 6.50.